The van der Waals surface area contributed by atoms with Gasteiger partial charge in [-0.3, -0.25) is 10.1 Å². The molecule has 0 saturated heterocycles. The number of aryl methyl sites for hydroxylation is 1. The van der Waals surface area contributed by atoms with Crippen LogP contribution in [0.5, 0.6) is 0 Å². The van der Waals surface area contributed by atoms with Gasteiger partial charge in [0.15, 0.2) is 0 Å². The number of hydrogen-bond donors (Lipinski definition) is 0. The fraction of sp³-hybridized carbons (Fsp3) is 0.0625. The first-order valence-corrected chi connectivity index (χ1v) is 6.51. The van der Waals surface area contributed by atoms with E-state index < -0.39 is 4.92 Å². The Labute approximate surface area is 121 Å². The van der Waals surface area contributed by atoms with Gasteiger partial charge in [-0.05, 0) is 25.1 Å². The Bertz CT molecular complexity index is 791. The molecular formula is C16H13N3O2. The van der Waals surface area contributed by atoms with Crippen molar-refractivity contribution in [3.05, 3.63) is 76.5 Å². The summed E-state index contributed by atoms with van der Waals surface area (Å²) in [5, 5.41) is 15.3. The van der Waals surface area contributed by atoms with Gasteiger partial charge in [0.05, 0.1) is 16.3 Å². The normalized spacial score (nSPS) is 10.5. The summed E-state index contributed by atoms with van der Waals surface area (Å²) in [6, 6.07) is 16.3. The summed E-state index contributed by atoms with van der Waals surface area (Å²) >= 11 is 0. The predicted octanol–water partition coefficient (Wildman–Crippen LogP) is 3.76. The van der Waals surface area contributed by atoms with E-state index in [0.717, 1.165) is 11.3 Å². The molecule has 2 aromatic carbocycles. The second kappa shape index (κ2) is 5.20. The van der Waals surface area contributed by atoms with E-state index in [-0.39, 0.29) is 5.69 Å². The number of nitrogens with zero attached hydrogens (tertiary/aromatic N) is 3. The topological polar surface area (TPSA) is 61.0 Å². The van der Waals surface area contributed by atoms with E-state index >= 15 is 0 Å². The highest BCUT2D eigenvalue weighted by molar-refractivity contribution is 5.62. The SMILES string of the molecule is Cc1ccc(-n2ccc(-c3cccc([N+](=O)[O-])c3)n2)cc1. The molecule has 3 aromatic rings. The first kappa shape index (κ1) is 13.1. The fourth-order valence-corrected chi connectivity index (χ4v) is 2.10. The number of nitro groups is 1. The lowest BCUT2D eigenvalue weighted by molar-refractivity contribution is -0.384. The zero-order valence-electron chi connectivity index (χ0n) is 11.4. The van der Waals surface area contributed by atoms with Crippen LogP contribution in [-0.4, -0.2) is 14.7 Å². The van der Waals surface area contributed by atoms with Gasteiger partial charge in [0.1, 0.15) is 0 Å². The Morgan fingerprint density at radius 3 is 2.57 bits per heavy atom. The lowest BCUT2D eigenvalue weighted by Gasteiger charge is -2.01. The second-order valence-corrected chi connectivity index (χ2v) is 4.79. The third kappa shape index (κ3) is 2.67. The van der Waals surface area contributed by atoms with Crippen LogP contribution in [0.4, 0.5) is 5.69 Å². The Kier molecular flexibility index (Phi) is 3.23. The maximum absolute atomic E-state index is 10.8. The summed E-state index contributed by atoms with van der Waals surface area (Å²) in [5.41, 5.74) is 3.65. The van der Waals surface area contributed by atoms with Crippen molar-refractivity contribution in [2.24, 2.45) is 0 Å². The largest absolute Gasteiger partial charge is 0.270 e. The maximum Gasteiger partial charge on any atom is 0.270 e. The number of aromatic nitrogens is 2. The molecule has 1 aromatic heterocycles. The van der Waals surface area contributed by atoms with Crippen LogP contribution in [0.3, 0.4) is 0 Å². The molecule has 0 atom stereocenters. The standard InChI is InChI=1S/C16H13N3O2/c1-12-5-7-14(8-6-12)18-10-9-16(17-18)13-3-2-4-15(11-13)19(20)21/h2-11H,1H3. The lowest BCUT2D eigenvalue weighted by Crippen LogP contribution is -1.95. The number of hydrogen-bond acceptors (Lipinski definition) is 3. The third-order valence-corrected chi connectivity index (χ3v) is 3.24. The summed E-state index contributed by atoms with van der Waals surface area (Å²) in [6.07, 6.45) is 1.85. The van der Waals surface area contributed by atoms with Crippen molar-refractivity contribution >= 4 is 5.69 Å². The van der Waals surface area contributed by atoms with E-state index in [4.69, 9.17) is 0 Å². The van der Waals surface area contributed by atoms with Crippen LogP contribution >= 0.6 is 0 Å². The molecule has 0 saturated carbocycles. The quantitative estimate of drug-likeness (QED) is 0.541. The summed E-state index contributed by atoms with van der Waals surface area (Å²) < 4.78 is 1.76. The number of benzene rings is 2. The molecular weight excluding hydrogens is 266 g/mol. The molecule has 0 aliphatic rings. The molecule has 0 radical (unpaired) electrons. The van der Waals surface area contributed by atoms with Crippen molar-refractivity contribution in [1.82, 2.24) is 9.78 Å². The van der Waals surface area contributed by atoms with E-state index in [2.05, 4.69) is 5.10 Å². The smallest absolute Gasteiger partial charge is 0.258 e. The first-order valence-electron chi connectivity index (χ1n) is 6.51. The minimum atomic E-state index is -0.402. The average Bonchev–Trinajstić information content (AvgIpc) is 2.98. The van der Waals surface area contributed by atoms with Gasteiger partial charge in [-0.2, -0.15) is 5.10 Å². The summed E-state index contributed by atoms with van der Waals surface area (Å²) in [5.74, 6) is 0. The summed E-state index contributed by atoms with van der Waals surface area (Å²) in [6.45, 7) is 2.03. The fourth-order valence-electron chi connectivity index (χ4n) is 2.10. The van der Waals surface area contributed by atoms with Crippen molar-refractivity contribution in [3.63, 3.8) is 0 Å². The van der Waals surface area contributed by atoms with Crippen LogP contribution in [0.15, 0.2) is 60.8 Å². The Morgan fingerprint density at radius 1 is 1.10 bits per heavy atom. The molecule has 0 bridgehead atoms. The van der Waals surface area contributed by atoms with E-state index in [0.29, 0.717) is 5.69 Å². The second-order valence-electron chi connectivity index (χ2n) is 4.79. The molecule has 0 unspecified atom stereocenters. The highest BCUT2D eigenvalue weighted by Gasteiger charge is 2.09. The molecule has 0 spiro atoms. The maximum atomic E-state index is 10.8. The van der Waals surface area contributed by atoms with Gasteiger partial charge >= 0.3 is 0 Å². The third-order valence-electron chi connectivity index (χ3n) is 3.24. The molecule has 0 N–H and O–H groups in total. The van der Waals surface area contributed by atoms with Crippen LogP contribution in [-0.2, 0) is 0 Å². The van der Waals surface area contributed by atoms with Gasteiger partial charge < -0.3 is 0 Å². The van der Waals surface area contributed by atoms with Gasteiger partial charge in [0, 0.05) is 23.9 Å². The lowest BCUT2D eigenvalue weighted by atomic mass is 10.1. The van der Waals surface area contributed by atoms with Crippen LogP contribution in [0.2, 0.25) is 0 Å². The van der Waals surface area contributed by atoms with E-state index in [1.54, 1.807) is 10.7 Å². The molecule has 5 heteroatoms. The van der Waals surface area contributed by atoms with Gasteiger partial charge in [-0.25, -0.2) is 4.68 Å². The molecule has 21 heavy (non-hydrogen) atoms. The monoisotopic (exact) mass is 279 g/mol. The predicted molar refractivity (Wildman–Crippen MR) is 80.4 cm³/mol. The van der Waals surface area contributed by atoms with Gasteiger partial charge in [-0.1, -0.05) is 29.8 Å². The molecule has 0 aliphatic carbocycles. The van der Waals surface area contributed by atoms with E-state index in [1.807, 2.05) is 49.5 Å². The minimum Gasteiger partial charge on any atom is -0.258 e. The highest BCUT2D eigenvalue weighted by Crippen LogP contribution is 2.23. The van der Waals surface area contributed by atoms with Gasteiger partial charge in [0.2, 0.25) is 0 Å². The van der Waals surface area contributed by atoms with Crippen LogP contribution in [0.25, 0.3) is 16.9 Å². The number of nitro benzene ring substituents is 1. The number of rotatable bonds is 3. The molecule has 0 aliphatic heterocycles. The summed E-state index contributed by atoms with van der Waals surface area (Å²) in [7, 11) is 0. The minimum absolute atomic E-state index is 0.0670. The van der Waals surface area contributed by atoms with E-state index in [1.165, 1.54) is 17.7 Å². The van der Waals surface area contributed by atoms with E-state index in [9.17, 15) is 10.1 Å². The molecule has 0 fully saturated rings. The van der Waals surface area contributed by atoms with Crippen LogP contribution in [0.1, 0.15) is 5.56 Å². The van der Waals surface area contributed by atoms with Crippen molar-refractivity contribution < 1.29 is 4.92 Å². The zero-order chi connectivity index (χ0) is 14.8. The van der Waals surface area contributed by atoms with Crippen LogP contribution in [0, 0.1) is 17.0 Å². The summed E-state index contributed by atoms with van der Waals surface area (Å²) in [4.78, 5) is 10.4. The van der Waals surface area contributed by atoms with Crippen LogP contribution < -0.4 is 0 Å². The van der Waals surface area contributed by atoms with Crippen molar-refractivity contribution in [1.29, 1.82) is 0 Å². The highest BCUT2D eigenvalue weighted by atomic mass is 16.6. The molecule has 0 amide bonds. The van der Waals surface area contributed by atoms with Gasteiger partial charge in [-0.15, -0.1) is 0 Å². The molecule has 1 heterocycles. The molecule has 104 valence electrons. The van der Waals surface area contributed by atoms with Gasteiger partial charge in [0.25, 0.3) is 5.69 Å². The Hall–Kier alpha value is -2.95. The van der Waals surface area contributed by atoms with Crippen molar-refractivity contribution in [2.45, 2.75) is 6.92 Å². The Morgan fingerprint density at radius 2 is 1.86 bits per heavy atom. The Balaban J connectivity index is 1.96. The average molecular weight is 279 g/mol. The zero-order valence-corrected chi connectivity index (χ0v) is 11.4. The van der Waals surface area contributed by atoms with Crippen molar-refractivity contribution in [2.75, 3.05) is 0 Å². The molecule has 5 nitrogen and oxygen atoms in total. The first-order chi connectivity index (χ1) is 10.1. The molecule has 3 rings (SSSR count). The van der Waals surface area contributed by atoms with Crippen molar-refractivity contribution in [3.8, 4) is 16.9 Å². The number of non-ortho nitro benzene ring substituents is 1.